The Morgan fingerprint density at radius 3 is 2.10 bits per heavy atom. The quantitative estimate of drug-likeness (QED) is 0.693. The van der Waals surface area contributed by atoms with Crippen molar-refractivity contribution in [2.75, 3.05) is 13.7 Å². The zero-order chi connectivity index (χ0) is 16.6. The number of methoxy groups -OCH3 is 1. The molecule has 0 saturated heterocycles. The van der Waals surface area contributed by atoms with E-state index in [4.69, 9.17) is 0 Å². The Bertz CT molecular complexity index is 372. The molecule has 0 rings (SSSR count). The average Bonchev–Trinajstić information content (AvgIpc) is 2.32. The molecule has 122 valence electrons. The molecule has 6 heteroatoms. The molecule has 0 aliphatic heterocycles. The molecule has 0 heterocycles. The fourth-order valence-electron chi connectivity index (χ4n) is 1.80. The van der Waals surface area contributed by atoms with Gasteiger partial charge in [0.1, 0.15) is 6.04 Å². The number of hydrogen-bond acceptors (Lipinski definition) is 4. The van der Waals surface area contributed by atoms with E-state index in [1.54, 1.807) is 0 Å². The van der Waals surface area contributed by atoms with Crippen LogP contribution in [0.1, 0.15) is 47.5 Å². The first kappa shape index (κ1) is 19.4. The van der Waals surface area contributed by atoms with Crippen LogP contribution >= 0.6 is 0 Å². The summed E-state index contributed by atoms with van der Waals surface area (Å²) < 4.78 is 4.66. The zero-order valence-electron chi connectivity index (χ0n) is 13.9. The minimum atomic E-state index is -0.679. The Morgan fingerprint density at radius 1 is 1.10 bits per heavy atom. The molecule has 2 amide bonds. The topological polar surface area (TPSA) is 84.5 Å². The van der Waals surface area contributed by atoms with Crippen LogP contribution in [0.25, 0.3) is 0 Å². The number of esters is 1. The van der Waals surface area contributed by atoms with Crippen molar-refractivity contribution in [1.29, 1.82) is 0 Å². The molecule has 0 aliphatic carbocycles. The van der Waals surface area contributed by atoms with E-state index in [-0.39, 0.29) is 23.8 Å². The highest BCUT2D eigenvalue weighted by atomic mass is 16.5. The summed E-state index contributed by atoms with van der Waals surface area (Å²) in [5.74, 6) is -0.813. The van der Waals surface area contributed by atoms with Crippen molar-refractivity contribution < 1.29 is 19.1 Å². The van der Waals surface area contributed by atoms with Crippen molar-refractivity contribution >= 4 is 17.8 Å². The molecule has 21 heavy (non-hydrogen) atoms. The fraction of sp³-hybridized carbons (Fsp3) is 0.800. The number of carbonyl (C=O) groups is 3. The first-order chi connectivity index (χ1) is 9.55. The van der Waals surface area contributed by atoms with Gasteiger partial charge in [0, 0.05) is 6.42 Å². The number of ether oxygens (including phenoxy) is 1. The third-order valence-electron chi connectivity index (χ3n) is 2.67. The molecule has 0 aromatic rings. The predicted octanol–water partition coefficient (Wildman–Crippen LogP) is 1.24. The summed E-state index contributed by atoms with van der Waals surface area (Å²) in [4.78, 5) is 35.0. The highest BCUT2D eigenvalue weighted by Gasteiger charge is 2.23. The maximum absolute atomic E-state index is 11.8. The lowest BCUT2D eigenvalue weighted by molar-refractivity contribution is -0.145. The van der Waals surface area contributed by atoms with E-state index in [0.29, 0.717) is 12.8 Å². The van der Waals surface area contributed by atoms with Crippen LogP contribution < -0.4 is 10.6 Å². The van der Waals surface area contributed by atoms with Crippen molar-refractivity contribution in [3.63, 3.8) is 0 Å². The van der Waals surface area contributed by atoms with E-state index in [1.807, 2.05) is 34.6 Å². The first-order valence-electron chi connectivity index (χ1n) is 7.19. The fourth-order valence-corrected chi connectivity index (χ4v) is 1.80. The molecule has 0 bridgehead atoms. The van der Waals surface area contributed by atoms with Crippen LogP contribution in [0.3, 0.4) is 0 Å². The maximum atomic E-state index is 11.8. The Morgan fingerprint density at radius 2 is 1.67 bits per heavy atom. The zero-order valence-corrected chi connectivity index (χ0v) is 13.9. The van der Waals surface area contributed by atoms with E-state index < -0.39 is 17.9 Å². The summed E-state index contributed by atoms with van der Waals surface area (Å²) >= 11 is 0. The molecule has 1 unspecified atom stereocenters. The van der Waals surface area contributed by atoms with Crippen molar-refractivity contribution in [2.24, 2.45) is 11.3 Å². The predicted molar refractivity (Wildman–Crippen MR) is 80.5 cm³/mol. The molecular weight excluding hydrogens is 272 g/mol. The lowest BCUT2D eigenvalue weighted by atomic mass is 9.92. The molecule has 0 saturated carbocycles. The van der Waals surface area contributed by atoms with Gasteiger partial charge in [-0.15, -0.1) is 0 Å². The van der Waals surface area contributed by atoms with Gasteiger partial charge >= 0.3 is 5.97 Å². The van der Waals surface area contributed by atoms with Gasteiger partial charge in [0.2, 0.25) is 11.8 Å². The summed E-state index contributed by atoms with van der Waals surface area (Å²) in [6, 6.07) is -0.679. The lowest BCUT2D eigenvalue weighted by Crippen LogP contribution is -2.46. The smallest absolute Gasteiger partial charge is 0.328 e. The minimum absolute atomic E-state index is 0.132. The third-order valence-corrected chi connectivity index (χ3v) is 2.67. The van der Waals surface area contributed by atoms with Crippen LogP contribution in [0.4, 0.5) is 0 Å². The Kier molecular flexibility index (Phi) is 7.99. The van der Waals surface area contributed by atoms with Crippen molar-refractivity contribution in [1.82, 2.24) is 10.6 Å². The van der Waals surface area contributed by atoms with Crippen LogP contribution in [-0.2, 0) is 19.1 Å². The van der Waals surface area contributed by atoms with E-state index >= 15 is 0 Å². The highest BCUT2D eigenvalue weighted by molar-refractivity contribution is 5.88. The molecule has 6 nitrogen and oxygen atoms in total. The van der Waals surface area contributed by atoms with Gasteiger partial charge in [0.25, 0.3) is 0 Å². The van der Waals surface area contributed by atoms with Crippen LogP contribution in [0.2, 0.25) is 0 Å². The molecule has 0 spiro atoms. The number of amides is 2. The minimum Gasteiger partial charge on any atom is -0.467 e. The Hall–Kier alpha value is -1.59. The Labute approximate surface area is 127 Å². The van der Waals surface area contributed by atoms with Gasteiger partial charge in [0.05, 0.1) is 13.7 Å². The molecule has 2 N–H and O–H groups in total. The van der Waals surface area contributed by atoms with Crippen molar-refractivity contribution in [2.45, 2.75) is 53.5 Å². The first-order valence-corrected chi connectivity index (χ1v) is 7.19. The molecule has 0 aromatic heterocycles. The van der Waals surface area contributed by atoms with E-state index in [1.165, 1.54) is 7.11 Å². The van der Waals surface area contributed by atoms with E-state index in [2.05, 4.69) is 15.4 Å². The SMILES string of the molecule is COC(=O)C(CC(C)C)NC(=O)CNC(=O)CC(C)(C)C. The van der Waals surface area contributed by atoms with Crippen LogP contribution in [0, 0.1) is 11.3 Å². The number of rotatable bonds is 7. The van der Waals surface area contributed by atoms with Crippen LogP contribution in [0.15, 0.2) is 0 Å². The summed E-state index contributed by atoms with van der Waals surface area (Å²) in [5, 5.41) is 5.14. The van der Waals surface area contributed by atoms with Gasteiger partial charge in [-0.2, -0.15) is 0 Å². The summed E-state index contributed by atoms with van der Waals surface area (Å²) in [6.07, 6.45) is 0.834. The molecular formula is C15H28N2O4. The molecule has 0 radical (unpaired) electrons. The van der Waals surface area contributed by atoms with Gasteiger partial charge in [0.15, 0.2) is 0 Å². The van der Waals surface area contributed by atoms with Gasteiger partial charge in [-0.1, -0.05) is 34.6 Å². The second-order valence-corrected chi connectivity index (χ2v) is 6.79. The second kappa shape index (κ2) is 8.64. The summed E-state index contributed by atoms with van der Waals surface area (Å²) in [5.41, 5.74) is -0.132. The number of nitrogens with one attached hydrogen (secondary N) is 2. The van der Waals surface area contributed by atoms with Gasteiger partial charge in [-0.3, -0.25) is 9.59 Å². The standard InChI is InChI=1S/C15H28N2O4/c1-10(2)7-11(14(20)21-6)17-13(19)9-16-12(18)8-15(3,4)5/h10-11H,7-9H2,1-6H3,(H,16,18)(H,17,19). The number of carbonyl (C=O) groups excluding carboxylic acids is 3. The normalized spacial score (nSPS) is 12.7. The van der Waals surface area contributed by atoms with Crippen LogP contribution in [-0.4, -0.2) is 37.5 Å². The average molecular weight is 300 g/mol. The molecule has 0 fully saturated rings. The van der Waals surface area contributed by atoms with Crippen molar-refractivity contribution in [3.05, 3.63) is 0 Å². The van der Waals surface area contributed by atoms with Gasteiger partial charge in [-0.25, -0.2) is 4.79 Å². The largest absolute Gasteiger partial charge is 0.467 e. The highest BCUT2D eigenvalue weighted by Crippen LogP contribution is 2.17. The van der Waals surface area contributed by atoms with E-state index in [0.717, 1.165) is 0 Å². The maximum Gasteiger partial charge on any atom is 0.328 e. The van der Waals surface area contributed by atoms with Crippen molar-refractivity contribution in [3.8, 4) is 0 Å². The summed E-state index contributed by atoms with van der Waals surface area (Å²) in [6.45, 7) is 9.61. The van der Waals surface area contributed by atoms with Crippen LogP contribution in [0.5, 0.6) is 0 Å². The summed E-state index contributed by atoms with van der Waals surface area (Å²) in [7, 11) is 1.28. The monoisotopic (exact) mass is 300 g/mol. The third kappa shape index (κ3) is 9.87. The lowest BCUT2D eigenvalue weighted by Gasteiger charge is -2.19. The molecule has 1 atom stereocenters. The van der Waals surface area contributed by atoms with Gasteiger partial charge < -0.3 is 15.4 Å². The molecule has 0 aromatic carbocycles. The van der Waals surface area contributed by atoms with E-state index in [9.17, 15) is 14.4 Å². The second-order valence-electron chi connectivity index (χ2n) is 6.79. The van der Waals surface area contributed by atoms with Gasteiger partial charge in [-0.05, 0) is 17.8 Å². The number of hydrogen-bond donors (Lipinski definition) is 2. The molecule has 0 aliphatic rings. The Balaban J connectivity index is 4.32.